The molecule has 2 atom stereocenters. The van der Waals surface area contributed by atoms with E-state index in [4.69, 9.17) is 29.4 Å². The molecular weight excluding hydrogens is 482 g/mol. The minimum Gasteiger partial charge on any atom is -0.458 e. The lowest BCUT2D eigenvalue weighted by Crippen LogP contribution is -2.37. The standard InChI is InChI=1S/C27H33NO9/c1-4-9-24(29)36-22-14-13-19(16-23(22)37-25(30)10-5-2)15-21(28)26(31)34-18(3)17-33-27(32)35-20-11-7-6-8-12-20/h6-8,11-14,16,18,21H,4-5,9-10,15,17,28H2,1-3H3/t18-,21-/m0/s1. The predicted molar refractivity (Wildman–Crippen MR) is 133 cm³/mol. The van der Waals surface area contributed by atoms with E-state index in [9.17, 15) is 19.2 Å². The molecule has 0 unspecified atom stereocenters. The number of nitrogens with two attached hydrogens (primary N) is 1. The van der Waals surface area contributed by atoms with Gasteiger partial charge >= 0.3 is 24.1 Å². The maximum absolute atomic E-state index is 12.5. The Balaban J connectivity index is 1.94. The van der Waals surface area contributed by atoms with Crippen molar-refractivity contribution >= 4 is 24.1 Å². The van der Waals surface area contributed by atoms with Crippen LogP contribution in [0.4, 0.5) is 4.79 Å². The fourth-order valence-corrected chi connectivity index (χ4v) is 3.06. The van der Waals surface area contributed by atoms with Crippen molar-refractivity contribution in [2.75, 3.05) is 6.61 Å². The van der Waals surface area contributed by atoms with Crippen molar-refractivity contribution in [1.82, 2.24) is 0 Å². The number of benzene rings is 2. The number of hydrogen-bond acceptors (Lipinski definition) is 10. The van der Waals surface area contributed by atoms with Gasteiger partial charge in [0.05, 0.1) is 0 Å². The monoisotopic (exact) mass is 515 g/mol. The van der Waals surface area contributed by atoms with Crippen LogP contribution >= 0.6 is 0 Å². The molecule has 2 N–H and O–H groups in total. The molecule has 0 radical (unpaired) electrons. The van der Waals surface area contributed by atoms with Gasteiger partial charge in [0, 0.05) is 12.8 Å². The van der Waals surface area contributed by atoms with Crippen LogP contribution in [0.3, 0.4) is 0 Å². The number of rotatable bonds is 13. The van der Waals surface area contributed by atoms with E-state index in [0.29, 0.717) is 24.2 Å². The summed E-state index contributed by atoms with van der Waals surface area (Å²) in [6.07, 6.45) is -0.0349. The van der Waals surface area contributed by atoms with Crippen molar-refractivity contribution in [2.45, 2.75) is 65.0 Å². The summed E-state index contributed by atoms with van der Waals surface area (Å²) in [5.74, 6) is -1.14. The molecule has 2 aromatic carbocycles. The highest BCUT2D eigenvalue weighted by Crippen LogP contribution is 2.30. The van der Waals surface area contributed by atoms with Crippen LogP contribution < -0.4 is 19.9 Å². The first-order chi connectivity index (χ1) is 17.7. The Labute approximate surface area is 216 Å². The quantitative estimate of drug-likeness (QED) is 0.235. The second kappa shape index (κ2) is 15.2. The zero-order valence-corrected chi connectivity index (χ0v) is 21.3. The van der Waals surface area contributed by atoms with Crippen LogP contribution in [0, 0.1) is 0 Å². The van der Waals surface area contributed by atoms with Gasteiger partial charge in [0.2, 0.25) is 0 Å². The van der Waals surface area contributed by atoms with Crippen LogP contribution in [0.2, 0.25) is 0 Å². The number of carbonyl (C=O) groups excluding carboxylic acids is 4. The van der Waals surface area contributed by atoms with Crippen molar-refractivity contribution in [3.8, 4) is 17.2 Å². The van der Waals surface area contributed by atoms with Gasteiger partial charge in [0.25, 0.3) is 0 Å². The molecule has 10 nitrogen and oxygen atoms in total. The predicted octanol–water partition coefficient (Wildman–Crippen LogP) is 4.11. The topological polar surface area (TPSA) is 140 Å². The fraction of sp³-hybridized carbons (Fsp3) is 0.407. The Bertz CT molecular complexity index is 1060. The van der Waals surface area contributed by atoms with E-state index in [2.05, 4.69) is 0 Å². The van der Waals surface area contributed by atoms with Crippen LogP contribution in [-0.2, 0) is 30.3 Å². The highest BCUT2D eigenvalue weighted by Gasteiger charge is 2.21. The van der Waals surface area contributed by atoms with Gasteiger partial charge < -0.3 is 29.4 Å². The van der Waals surface area contributed by atoms with E-state index in [-0.39, 0.29) is 37.4 Å². The first-order valence-corrected chi connectivity index (χ1v) is 12.1. The smallest absolute Gasteiger partial charge is 0.458 e. The second-order valence-electron chi connectivity index (χ2n) is 8.26. The number of ether oxygens (including phenoxy) is 5. The lowest BCUT2D eigenvalue weighted by molar-refractivity contribution is -0.151. The molecule has 2 rings (SSSR count). The first-order valence-electron chi connectivity index (χ1n) is 12.1. The highest BCUT2D eigenvalue weighted by atomic mass is 16.7. The van der Waals surface area contributed by atoms with E-state index >= 15 is 0 Å². The lowest BCUT2D eigenvalue weighted by Gasteiger charge is -2.17. The van der Waals surface area contributed by atoms with Gasteiger partial charge in [-0.1, -0.05) is 38.1 Å². The maximum atomic E-state index is 12.5. The van der Waals surface area contributed by atoms with Gasteiger partial charge in [-0.2, -0.15) is 0 Å². The fourth-order valence-electron chi connectivity index (χ4n) is 3.06. The van der Waals surface area contributed by atoms with Gasteiger partial charge in [-0.25, -0.2) is 4.79 Å². The Morgan fingerprint density at radius 3 is 2.08 bits per heavy atom. The summed E-state index contributed by atoms with van der Waals surface area (Å²) in [5.41, 5.74) is 6.58. The third kappa shape index (κ3) is 10.7. The second-order valence-corrected chi connectivity index (χ2v) is 8.26. The molecule has 0 saturated carbocycles. The van der Waals surface area contributed by atoms with Gasteiger partial charge in [-0.15, -0.1) is 0 Å². The van der Waals surface area contributed by atoms with E-state index in [1.54, 1.807) is 43.3 Å². The van der Waals surface area contributed by atoms with Gasteiger partial charge in [0.1, 0.15) is 24.5 Å². The SMILES string of the molecule is CCCC(=O)Oc1ccc(C[C@H](N)C(=O)O[C@@H](C)COC(=O)Oc2ccccc2)cc1OC(=O)CCC. The third-order valence-corrected chi connectivity index (χ3v) is 4.82. The van der Waals surface area contributed by atoms with Crippen molar-refractivity contribution in [3.05, 3.63) is 54.1 Å². The Kier molecular flexibility index (Phi) is 12.1. The molecule has 0 saturated heterocycles. The minimum absolute atomic E-state index is 0.0595. The van der Waals surface area contributed by atoms with Crippen LogP contribution in [0.5, 0.6) is 17.2 Å². The lowest BCUT2D eigenvalue weighted by atomic mass is 10.1. The Morgan fingerprint density at radius 1 is 0.838 bits per heavy atom. The van der Waals surface area contributed by atoms with E-state index in [0.717, 1.165) is 0 Å². The molecule has 0 bridgehead atoms. The zero-order chi connectivity index (χ0) is 27.2. The zero-order valence-electron chi connectivity index (χ0n) is 21.3. The largest absolute Gasteiger partial charge is 0.513 e. The normalized spacial score (nSPS) is 12.1. The first kappa shape index (κ1) is 29.3. The Morgan fingerprint density at radius 2 is 1.46 bits per heavy atom. The molecular formula is C27H33NO9. The van der Waals surface area contributed by atoms with Crippen LogP contribution in [0.15, 0.2) is 48.5 Å². The molecule has 0 spiro atoms. The van der Waals surface area contributed by atoms with Crippen molar-refractivity contribution in [2.24, 2.45) is 5.73 Å². The van der Waals surface area contributed by atoms with Crippen LogP contribution in [0.1, 0.15) is 52.0 Å². The van der Waals surface area contributed by atoms with Crippen molar-refractivity contribution in [1.29, 1.82) is 0 Å². The van der Waals surface area contributed by atoms with E-state index < -0.39 is 36.2 Å². The van der Waals surface area contributed by atoms with Crippen molar-refractivity contribution < 1.29 is 42.9 Å². The molecule has 0 heterocycles. The average Bonchev–Trinajstić information content (AvgIpc) is 2.85. The minimum atomic E-state index is -1.05. The molecule has 0 aromatic heterocycles. The summed E-state index contributed by atoms with van der Waals surface area (Å²) in [4.78, 5) is 48.2. The summed E-state index contributed by atoms with van der Waals surface area (Å²) in [6, 6.07) is 11.9. The molecule has 0 aliphatic heterocycles. The molecule has 0 aliphatic rings. The summed E-state index contributed by atoms with van der Waals surface area (Å²) < 4.78 is 25.9. The molecule has 0 amide bonds. The molecule has 10 heteroatoms. The van der Waals surface area contributed by atoms with E-state index in [1.807, 2.05) is 13.8 Å². The number of para-hydroxylation sites is 1. The average molecular weight is 516 g/mol. The molecule has 0 fully saturated rings. The maximum Gasteiger partial charge on any atom is 0.513 e. The van der Waals surface area contributed by atoms with Crippen LogP contribution in [0.25, 0.3) is 0 Å². The van der Waals surface area contributed by atoms with E-state index in [1.165, 1.54) is 12.1 Å². The Hall–Kier alpha value is -3.92. The number of hydrogen-bond donors (Lipinski definition) is 1. The summed E-state index contributed by atoms with van der Waals surface area (Å²) in [5, 5.41) is 0. The summed E-state index contributed by atoms with van der Waals surface area (Å²) >= 11 is 0. The summed E-state index contributed by atoms with van der Waals surface area (Å²) in [7, 11) is 0. The van der Waals surface area contributed by atoms with Gasteiger partial charge in [0.15, 0.2) is 11.5 Å². The molecule has 0 aliphatic carbocycles. The van der Waals surface area contributed by atoms with Crippen LogP contribution in [-0.4, -0.2) is 42.8 Å². The van der Waals surface area contributed by atoms with Gasteiger partial charge in [-0.3, -0.25) is 14.4 Å². The third-order valence-electron chi connectivity index (χ3n) is 4.82. The van der Waals surface area contributed by atoms with Gasteiger partial charge in [-0.05, 0) is 56.0 Å². The van der Waals surface area contributed by atoms with Crippen molar-refractivity contribution in [3.63, 3.8) is 0 Å². The molecule has 2 aromatic rings. The molecule has 37 heavy (non-hydrogen) atoms. The summed E-state index contributed by atoms with van der Waals surface area (Å²) in [6.45, 7) is 5.00. The number of carbonyl (C=O) groups is 4. The number of esters is 3. The highest BCUT2D eigenvalue weighted by molar-refractivity contribution is 5.77. The molecule has 200 valence electrons.